The molecule has 1 heterocycles. The van der Waals surface area contributed by atoms with Crippen molar-refractivity contribution in [2.75, 3.05) is 26.0 Å². The number of imidazole rings is 1. The van der Waals surface area contributed by atoms with E-state index >= 15 is 0 Å². The normalized spacial score (nSPS) is 10.6. The van der Waals surface area contributed by atoms with Crippen LogP contribution in [0.2, 0.25) is 0 Å². The SMILES string of the molecule is CNc1ccc(-c2cccc(C(=O)N(C)CCCc3nccn3C)c2)cc1. The zero-order valence-corrected chi connectivity index (χ0v) is 16.1. The van der Waals surface area contributed by atoms with Crippen molar-refractivity contribution in [3.63, 3.8) is 0 Å². The molecule has 0 atom stereocenters. The number of anilines is 1. The molecule has 0 aliphatic carbocycles. The molecule has 0 fully saturated rings. The summed E-state index contributed by atoms with van der Waals surface area (Å²) in [7, 11) is 5.75. The van der Waals surface area contributed by atoms with Crippen LogP contribution in [0.15, 0.2) is 60.9 Å². The second-order valence-corrected chi connectivity index (χ2v) is 6.69. The number of hydrogen-bond donors (Lipinski definition) is 1. The minimum Gasteiger partial charge on any atom is -0.388 e. The van der Waals surface area contributed by atoms with Crippen molar-refractivity contribution in [2.45, 2.75) is 12.8 Å². The first-order valence-electron chi connectivity index (χ1n) is 9.18. The third kappa shape index (κ3) is 4.56. The Hall–Kier alpha value is -3.08. The lowest BCUT2D eigenvalue weighted by atomic mass is 10.0. The fourth-order valence-corrected chi connectivity index (χ4v) is 3.09. The van der Waals surface area contributed by atoms with Gasteiger partial charge in [0, 0.05) is 57.8 Å². The predicted octanol–water partition coefficient (Wildman–Crippen LogP) is 3.83. The molecule has 0 radical (unpaired) electrons. The van der Waals surface area contributed by atoms with Crippen LogP contribution in [0, 0.1) is 0 Å². The Morgan fingerprint density at radius 2 is 1.93 bits per heavy atom. The molecule has 0 spiro atoms. The fourth-order valence-electron chi connectivity index (χ4n) is 3.09. The minimum atomic E-state index is 0.0449. The van der Waals surface area contributed by atoms with Crippen molar-refractivity contribution in [1.82, 2.24) is 14.5 Å². The first-order chi connectivity index (χ1) is 13.1. The number of rotatable bonds is 7. The second-order valence-electron chi connectivity index (χ2n) is 6.69. The van der Waals surface area contributed by atoms with Crippen LogP contribution in [0.3, 0.4) is 0 Å². The van der Waals surface area contributed by atoms with Gasteiger partial charge in [0.25, 0.3) is 5.91 Å². The molecule has 0 saturated carbocycles. The van der Waals surface area contributed by atoms with Gasteiger partial charge in [-0.2, -0.15) is 0 Å². The number of nitrogens with one attached hydrogen (secondary N) is 1. The molecular formula is C22H26N4O. The topological polar surface area (TPSA) is 50.2 Å². The third-order valence-electron chi connectivity index (χ3n) is 4.78. The summed E-state index contributed by atoms with van der Waals surface area (Å²) in [5.41, 5.74) is 3.93. The van der Waals surface area contributed by atoms with Crippen molar-refractivity contribution in [3.05, 3.63) is 72.3 Å². The molecular weight excluding hydrogens is 336 g/mol. The van der Waals surface area contributed by atoms with Crippen molar-refractivity contribution in [3.8, 4) is 11.1 Å². The standard InChI is InChI=1S/C22H26N4O/c1-23-20-11-9-17(10-12-20)18-6-4-7-19(16-18)22(27)26(3)14-5-8-21-24-13-15-25(21)2/h4,6-7,9-13,15-16,23H,5,8,14H2,1-3H3. The summed E-state index contributed by atoms with van der Waals surface area (Å²) in [5.74, 6) is 1.09. The minimum absolute atomic E-state index is 0.0449. The third-order valence-corrected chi connectivity index (χ3v) is 4.78. The average Bonchev–Trinajstić information content (AvgIpc) is 3.12. The smallest absolute Gasteiger partial charge is 0.253 e. The molecule has 3 aromatic rings. The Labute approximate surface area is 160 Å². The van der Waals surface area contributed by atoms with Gasteiger partial charge in [-0.1, -0.05) is 24.3 Å². The summed E-state index contributed by atoms with van der Waals surface area (Å²) >= 11 is 0. The second kappa shape index (κ2) is 8.54. The molecule has 0 unspecified atom stereocenters. The van der Waals surface area contributed by atoms with Gasteiger partial charge in [-0.05, 0) is 41.8 Å². The first-order valence-corrected chi connectivity index (χ1v) is 9.18. The maximum absolute atomic E-state index is 12.8. The van der Waals surface area contributed by atoms with Crippen LogP contribution in [-0.2, 0) is 13.5 Å². The van der Waals surface area contributed by atoms with E-state index in [0.717, 1.165) is 35.5 Å². The summed E-state index contributed by atoms with van der Waals surface area (Å²) < 4.78 is 2.02. The molecule has 27 heavy (non-hydrogen) atoms. The monoisotopic (exact) mass is 362 g/mol. The van der Waals surface area contributed by atoms with Gasteiger partial charge in [0.2, 0.25) is 0 Å². The molecule has 0 bridgehead atoms. The van der Waals surface area contributed by atoms with Crippen molar-refractivity contribution >= 4 is 11.6 Å². The maximum atomic E-state index is 12.8. The van der Waals surface area contributed by atoms with E-state index in [1.807, 2.05) is 68.3 Å². The van der Waals surface area contributed by atoms with Crippen LogP contribution in [0.5, 0.6) is 0 Å². The molecule has 140 valence electrons. The van der Waals surface area contributed by atoms with E-state index in [0.29, 0.717) is 12.1 Å². The van der Waals surface area contributed by atoms with E-state index in [1.54, 1.807) is 11.1 Å². The molecule has 3 rings (SSSR count). The van der Waals surface area contributed by atoms with Crippen LogP contribution in [0.4, 0.5) is 5.69 Å². The number of carbonyl (C=O) groups excluding carboxylic acids is 1. The van der Waals surface area contributed by atoms with Crippen LogP contribution < -0.4 is 5.32 Å². The highest BCUT2D eigenvalue weighted by atomic mass is 16.2. The van der Waals surface area contributed by atoms with Gasteiger partial charge < -0.3 is 14.8 Å². The molecule has 0 aliphatic rings. The molecule has 0 saturated heterocycles. The van der Waals surface area contributed by atoms with Gasteiger partial charge in [-0.15, -0.1) is 0 Å². The lowest BCUT2D eigenvalue weighted by molar-refractivity contribution is 0.0793. The molecule has 1 N–H and O–H groups in total. The highest BCUT2D eigenvalue weighted by Crippen LogP contribution is 2.23. The molecule has 0 aliphatic heterocycles. The van der Waals surface area contributed by atoms with Gasteiger partial charge in [-0.3, -0.25) is 4.79 Å². The van der Waals surface area contributed by atoms with E-state index in [2.05, 4.69) is 22.4 Å². The van der Waals surface area contributed by atoms with Crippen LogP contribution in [0.1, 0.15) is 22.6 Å². The van der Waals surface area contributed by atoms with Gasteiger partial charge >= 0.3 is 0 Å². The summed E-state index contributed by atoms with van der Waals surface area (Å²) in [6.45, 7) is 0.701. The predicted molar refractivity (Wildman–Crippen MR) is 110 cm³/mol. The molecule has 5 nitrogen and oxygen atoms in total. The van der Waals surface area contributed by atoms with E-state index in [1.165, 1.54) is 0 Å². The fraction of sp³-hybridized carbons (Fsp3) is 0.273. The largest absolute Gasteiger partial charge is 0.388 e. The highest BCUT2D eigenvalue weighted by molar-refractivity contribution is 5.95. The lowest BCUT2D eigenvalue weighted by Crippen LogP contribution is -2.28. The Morgan fingerprint density at radius 3 is 2.59 bits per heavy atom. The van der Waals surface area contributed by atoms with E-state index < -0.39 is 0 Å². The van der Waals surface area contributed by atoms with Gasteiger partial charge in [0.1, 0.15) is 5.82 Å². The van der Waals surface area contributed by atoms with Crippen LogP contribution in [-0.4, -0.2) is 41.0 Å². The molecule has 1 amide bonds. The van der Waals surface area contributed by atoms with Crippen LogP contribution >= 0.6 is 0 Å². The summed E-state index contributed by atoms with van der Waals surface area (Å²) in [5, 5.41) is 3.12. The lowest BCUT2D eigenvalue weighted by Gasteiger charge is -2.17. The molecule has 2 aromatic carbocycles. The zero-order valence-electron chi connectivity index (χ0n) is 16.1. The number of nitrogens with zero attached hydrogens (tertiary/aromatic N) is 3. The first kappa shape index (κ1) is 18.7. The quantitative estimate of drug-likeness (QED) is 0.695. The molecule has 1 aromatic heterocycles. The Bertz CT molecular complexity index is 899. The summed E-state index contributed by atoms with van der Waals surface area (Å²) in [6.07, 6.45) is 5.49. The molecule has 5 heteroatoms. The Morgan fingerprint density at radius 1 is 1.15 bits per heavy atom. The Balaban J connectivity index is 1.64. The summed E-state index contributed by atoms with van der Waals surface area (Å²) in [4.78, 5) is 18.9. The number of aryl methyl sites for hydroxylation is 2. The van der Waals surface area contributed by atoms with Crippen molar-refractivity contribution < 1.29 is 4.79 Å². The number of benzene rings is 2. The highest BCUT2D eigenvalue weighted by Gasteiger charge is 2.13. The van der Waals surface area contributed by atoms with E-state index in [4.69, 9.17) is 0 Å². The van der Waals surface area contributed by atoms with Crippen LogP contribution in [0.25, 0.3) is 11.1 Å². The Kier molecular flexibility index (Phi) is 5.91. The average molecular weight is 362 g/mol. The zero-order chi connectivity index (χ0) is 19.2. The number of hydrogen-bond acceptors (Lipinski definition) is 3. The van der Waals surface area contributed by atoms with E-state index in [-0.39, 0.29) is 5.91 Å². The number of aromatic nitrogens is 2. The van der Waals surface area contributed by atoms with E-state index in [9.17, 15) is 4.79 Å². The van der Waals surface area contributed by atoms with Crippen molar-refractivity contribution in [2.24, 2.45) is 7.05 Å². The van der Waals surface area contributed by atoms with Gasteiger partial charge in [-0.25, -0.2) is 4.98 Å². The maximum Gasteiger partial charge on any atom is 0.253 e. The number of amides is 1. The van der Waals surface area contributed by atoms with Crippen molar-refractivity contribution in [1.29, 1.82) is 0 Å². The van der Waals surface area contributed by atoms with Gasteiger partial charge in [0.05, 0.1) is 0 Å². The van der Waals surface area contributed by atoms with Gasteiger partial charge in [0.15, 0.2) is 0 Å². The number of carbonyl (C=O) groups is 1. The summed E-state index contributed by atoms with van der Waals surface area (Å²) in [6, 6.07) is 16.0.